The van der Waals surface area contributed by atoms with Crippen molar-refractivity contribution < 1.29 is 4.43 Å². The summed E-state index contributed by atoms with van der Waals surface area (Å²) >= 11 is 0. The van der Waals surface area contributed by atoms with Gasteiger partial charge in [-0.2, -0.15) is 0 Å². The minimum atomic E-state index is -1.92. The van der Waals surface area contributed by atoms with Crippen molar-refractivity contribution in [2.24, 2.45) is 35.5 Å². The molecule has 9 rings (SSSR count). The van der Waals surface area contributed by atoms with Crippen LogP contribution in [0.15, 0.2) is 24.3 Å². The molecule has 1 aromatic carbocycles. The average molecular weight is 551 g/mol. The Labute approximate surface area is 236 Å². The molecule has 0 radical (unpaired) electrons. The van der Waals surface area contributed by atoms with Gasteiger partial charge in [0.15, 0.2) is 0 Å². The first-order chi connectivity index (χ1) is 18.1. The Balaban J connectivity index is 1.26. The van der Waals surface area contributed by atoms with E-state index in [4.69, 9.17) is 4.43 Å². The van der Waals surface area contributed by atoms with Gasteiger partial charge in [0.2, 0.25) is 0 Å². The van der Waals surface area contributed by atoms with E-state index in [0.717, 1.165) is 35.5 Å². The zero-order valence-corrected chi connectivity index (χ0v) is 27.2. The van der Waals surface area contributed by atoms with Crippen LogP contribution in [0.3, 0.4) is 0 Å². The van der Waals surface area contributed by atoms with Gasteiger partial charge in [-0.3, -0.25) is 0 Å². The van der Waals surface area contributed by atoms with Gasteiger partial charge in [0, 0.05) is 0 Å². The molecule has 0 unspecified atom stereocenters. The monoisotopic (exact) mass is 550 g/mol. The molecule has 0 spiro atoms. The summed E-state index contributed by atoms with van der Waals surface area (Å²) in [6.45, 7) is 14.5. The number of hydrogen-bond donors (Lipinski definition) is 0. The van der Waals surface area contributed by atoms with Crippen LogP contribution in [-0.2, 0) is 0 Å². The molecule has 0 N–H and O–H groups in total. The summed E-state index contributed by atoms with van der Waals surface area (Å²) < 4.78 is 7.17. The molecule has 8 saturated carbocycles. The van der Waals surface area contributed by atoms with E-state index in [1.807, 2.05) is 0 Å². The van der Waals surface area contributed by atoms with Crippen molar-refractivity contribution in [2.45, 2.75) is 146 Å². The SMILES string of the molecule is CC(C)[Si](Oc1ccc(P(C23CC4CC(CC(C4)C2)C3)C23CC4CC(CC(C4)C2)C3)cc1)(C(C)C)C(C)C. The Morgan fingerprint density at radius 1 is 0.579 bits per heavy atom. The molecule has 8 fully saturated rings. The third-order valence-corrected chi connectivity index (χ3v) is 22.9. The van der Waals surface area contributed by atoms with Gasteiger partial charge in [0.1, 0.15) is 5.75 Å². The fraction of sp³-hybridized carbons (Fsp3) is 0.829. The topological polar surface area (TPSA) is 9.23 Å². The van der Waals surface area contributed by atoms with E-state index in [9.17, 15) is 0 Å². The van der Waals surface area contributed by atoms with Crippen LogP contribution in [0.1, 0.15) is 119 Å². The van der Waals surface area contributed by atoms with Crippen molar-refractivity contribution in [1.82, 2.24) is 0 Å². The minimum absolute atomic E-state index is 0.131. The van der Waals surface area contributed by atoms with E-state index >= 15 is 0 Å². The number of rotatable bonds is 8. The summed E-state index contributed by atoms with van der Waals surface area (Å²) in [6.07, 6.45) is 18.9. The maximum atomic E-state index is 7.17. The van der Waals surface area contributed by atoms with Crippen LogP contribution in [0.5, 0.6) is 5.75 Å². The number of hydrogen-bond acceptors (Lipinski definition) is 1. The lowest BCUT2D eigenvalue weighted by atomic mass is 9.55. The fourth-order valence-electron chi connectivity index (χ4n) is 12.9. The molecule has 8 bridgehead atoms. The summed E-state index contributed by atoms with van der Waals surface area (Å²) in [5, 5.41) is 3.09. The summed E-state index contributed by atoms with van der Waals surface area (Å²) in [7, 11) is -2.05. The molecule has 38 heavy (non-hydrogen) atoms. The van der Waals surface area contributed by atoms with Gasteiger partial charge in [-0.25, -0.2) is 0 Å². The van der Waals surface area contributed by atoms with Crippen LogP contribution in [0, 0.1) is 35.5 Å². The molecule has 0 aromatic heterocycles. The predicted molar refractivity (Wildman–Crippen MR) is 166 cm³/mol. The highest BCUT2D eigenvalue weighted by molar-refractivity contribution is 7.68. The van der Waals surface area contributed by atoms with Crippen molar-refractivity contribution in [2.75, 3.05) is 0 Å². The van der Waals surface area contributed by atoms with Crippen molar-refractivity contribution in [3.05, 3.63) is 24.3 Å². The van der Waals surface area contributed by atoms with Gasteiger partial charge in [-0.15, -0.1) is 0 Å². The van der Waals surface area contributed by atoms with Crippen LogP contribution >= 0.6 is 7.92 Å². The first kappa shape index (κ1) is 26.6. The van der Waals surface area contributed by atoms with E-state index in [0.29, 0.717) is 26.9 Å². The van der Waals surface area contributed by atoms with Crippen LogP contribution in [0.4, 0.5) is 0 Å². The smallest absolute Gasteiger partial charge is 0.258 e. The highest BCUT2D eigenvalue weighted by Gasteiger charge is 2.63. The molecular formula is C35H55OPSi. The second kappa shape index (κ2) is 9.34. The van der Waals surface area contributed by atoms with Crippen molar-refractivity contribution in [1.29, 1.82) is 0 Å². The summed E-state index contributed by atoms with van der Waals surface area (Å²) in [4.78, 5) is 0. The molecule has 0 atom stereocenters. The van der Waals surface area contributed by atoms with Crippen LogP contribution in [-0.4, -0.2) is 18.6 Å². The quantitative estimate of drug-likeness (QED) is 0.231. The predicted octanol–water partition coefficient (Wildman–Crippen LogP) is 10.3. The number of benzene rings is 1. The van der Waals surface area contributed by atoms with Crippen molar-refractivity contribution in [3.8, 4) is 5.75 Å². The van der Waals surface area contributed by atoms with Crippen LogP contribution in [0.25, 0.3) is 0 Å². The molecule has 0 aliphatic heterocycles. The maximum Gasteiger partial charge on any atom is 0.258 e. The third-order valence-electron chi connectivity index (χ3n) is 13.1. The van der Waals surface area contributed by atoms with E-state index in [1.54, 1.807) is 82.4 Å². The molecule has 1 aromatic rings. The molecule has 8 aliphatic rings. The molecule has 1 nitrogen and oxygen atoms in total. The molecule has 0 amide bonds. The maximum absolute atomic E-state index is 7.17. The van der Waals surface area contributed by atoms with Gasteiger partial charge < -0.3 is 4.43 Å². The Kier molecular flexibility index (Phi) is 6.53. The first-order valence-corrected chi connectivity index (χ1v) is 20.2. The zero-order valence-electron chi connectivity index (χ0n) is 25.3. The van der Waals surface area contributed by atoms with E-state index in [2.05, 4.69) is 65.8 Å². The van der Waals surface area contributed by atoms with Crippen molar-refractivity contribution in [3.63, 3.8) is 0 Å². The molecule has 0 saturated heterocycles. The summed E-state index contributed by atoms with van der Waals surface area (Å²) in [5.41, 5.74) is 1.87. The van der Waals surface area contributed by atoms with Gasteiger partial charge in [0.25, 0.3) is 8.32 Å². The molecular weight excluding hydrogens is 495 g/mol. The second-order valence-electron chi connectivity index (χ2n) is 16.5. The van der Waals surface area contributed by atoms with Gasteiger partial charge in [0.05, 0.1) is 0 Å². The van der Waals surface area contributed by atoms with Crippen molar-refractivity contribution >= 4 is 21.5 Å². The Morgan fingerprint density at radius 2 is 0.895 bits per heavy atom. The highest BCUT2D eigenvalue weighted by Crippen LogP contribution is 2.78. The van der Waals surface area contributed by atoms with Crippen LogP contribution in [0.2, 0.25) is 16.6 Å². The minimum Gasteiger partial charge on any atom is -0.543 e. The van der Waals surface area contributed by atoms with E-state index in [1.165, 1.54) is 5.75 Å². The summed E-state index contributed by atoms with van der Waals surface area (Å²) in [5.74, 6) is 7.49. The molecule has 0 heterocycles. The average Bonchev–Trinajstić information content (AvgIpc) is 2.81. The largest absolute Gasteiger partial charge is 0.543 e. The molecule has 3 heteroatoms. The lowest BCUT2D eigenvalue weighted by molar-refractivity contribution is 0.0195. The van der Waals surface area contributed by atoms with E-state index in [-0.39, 0.29) is 7.92 Å². The molecule has 8 aliphatic carbocycles. The zero-order chi connectivity index (χ0) is 26.4. The first-order valence-electron chi connectivity index (χ1n) is 16.7. The van der Waals surface area contributed by atoms with E-state index < -0.39 is 8.32 Å². The lowest BCUT2D eigenvalue weighted by Gasteiger charge is -2.67. The Morgan fingerprint density at radius 3 is 1.18 bits per heavy atom. The van der Waals surface area contributed by atoms with Gasteiger partial charge in [-0.05, 0) is 157 Å². The summed E-state index contributed by atoms with van der Waals surface area (Å²) in [6, 6.07) is 10.1. The van der Waals surface area contributed by atoms with Crippen LogP contribution < -0.4 is 9.73 Å². The fourth-order valence-corrected chi connectivity index (χ4v) is 23.4. The molecule has 210 valence electrons. The Bertz CT molecular complexity index is 889. The van der Waals surface area contributed by atoms with Gasteiger partial charge >= 0.3 is 0 Å². The normalized spacial score (nSPS) is 42.0. The van der Waals surface area contributed by atoms with Gasteiger partial charge in [-0.1, -0.05) is 61.6 Å². The standard InChI is InChI=1S/C35H55OPSi/c1-23(2)38(24(3)4,25(5)6)36-32-7-9-33(10-8-32)37(34-17-26-11-27(18-34)13-28(12-26)19-34)35-20-29-14-30(21-35)16-31(15-29)22-35/h7-10,23-31H,11-22H2,1-6H3. The third kappa shape index (κ3) is 4.07. The lowest BCUT2D eigenvalue weighted by Crippen LogP contribution is -2.58. The second-order valence-corrected chi connectivity index (χ2v) is 25.0. The Hall–Kier alpha value is -0.333. The highest BCUT2D eigenvalue weighted by atomic mass is 31.1.